The van der Waals surface area contributed by atoms with Crippen molar-refractivity contribution in [3.63, 3.8) is 0 Å². The smallest absolute Gasteiger partial charge is 0.333 e. The van der Waals surface area contributed by atoms with Gasteiger partial charge < -0.3 is 4.74 Å². The van der Waals surface area contributed by atoms with E-state index >= 15 is 0 Å². The fourth-order valence-electron chi connectivity index (χ4n) is 0.918. The zero-order valence-electron chi connectivity index (χ0n) is 7.71. The Morgan fingerprint density at radius 2 is 2.36 bits per heavy atom. The van der Waals surface area contributed by atoms with Crippen molar-refractivity contribution in [1.29, 1.82) is 0 Å². The number of hydrogen-bond donors (Lipinski definition) is 0. The average molecular weight is 316 g/mol. The third kappa shape index (κ3) is 3.16. The Hall–Kier alpha value is -0.240. The van der Waals surface area contributed by atoms with E-state index in [1.54, 1.807) is 0 Å². The van der Waals surface area contributed by atoms with E-state index in [2.05, 4.69) is 5.10 Å². The van der Waals surface area contributed by atoms with Crippen LogP contribution in [0.1, 0.15) is 25.6 Å². The minimum atomic E-state index is -2.58. The molecule has 14 heavy (non-hydrogen) atoms. The van der Waals surface area contributed by atoms with Crippen LogP contribution in [0.5, 0.6) is 0 Å². The SMILES string of the molecule is CCCOCc1nn(C(F)F)cc1I. The van der Waals surface area contributed by atoms with Gasteiger partial charge in [-0.2, -0.15) is 13.9 Å². The van der Waals surface area contributed by atoms with Gasteiger partial charge in [0.1, 0.15) is 5.69 Å². The number of rotatable bonds is 5. The van der Waals surface area contributed by atoms with Gasteiger partial charge in [0.05, 0.1) is 10.2 Å². The van der Waals surface area contributed by atoms with Gasteiger partial charge in [0.2, 0.25) is 0 Å². The molecule has 0 unspecified atom stereocenters. The second-order valence-electron chi connectivity index (χ2n) is 2.73. The van der Waals surface area contributed by atoms with Crippen molar-refractivity contribution in [3.05, 3.63) is 15.5 Å². The lowest BCUT2D eigenvalue weighted by molar-refractivity contribution is 0.0542. The second kappa shape index (κ2) is 5.59. The molecule has 0 atom stereocenters. The standard InChI is InChI=1S/C8H11F2IN2O/c1-2-3-14-5-7-6(11)4-13(12-7)8(9)10/h4,8H,2-3,5H2,1H3. The first-order chi connectivity index (χ1) is 6.65. The molecule has 1 rings (SSSR count). The van der Waals surface area contributed by atoms with Gasteiger partial charge >= 0.3 is 6.55 Å². The Labute approximate surface area is 94.6 Å². The third-order valence-corrected chi connectivity index (χ3v) is 2.45. The maximum absolute atomic E-state index is 12.2. The highest BCUT2D eigenvalue weighted by Gasteiger charge is 2.11. The molecule has 1 heterocycles. The molecule has 0 aliphatic heterocycles. The Balaban J connectivity index is 2.58. The van der Waals surface area contributed by atoms with Crippen LogP contribution >= 0.6 is 22.6 Å². The number of alkyl halides is 2. The first-order valence-corrected chi connectivity index (χ1v) is 5.32. The molecule has 0 radical (unpaired) electrons. The molecule has 0 aliphatic carbocycles. The van der Waals surface area contributed by atoms with Crippen LogP contribution in [0.4, 0.5) is 8.78 Å². The van der Waals surface area contributed by atoms with E-state index in [9.17, 15) is 8.78 Å². The lowest BCUT2D eigenvalue weighted by Crippen LogP contribution is -2.01. The lowest BCUT2D eigenvalue weighted by atomic mass is 10.4. The summed E-state index contributed by atoms with van der Waals surface area (Å²) in [6.07, 6.45) is 2.22. The summed E-state index contributed by atoms with van der Waals surface area (Å²) in [5.41, 5.74) is 0.569. The van der Waals surface area contributed by atoms with Crippen molar-refractivity contribution >= 4 is 22.6 Å². The van der Waals surface area contributed by atoms with E-state index in [1.807, 2.05) is 29.5 Å². The van der Waals surface area contributed by atoms with E-state index in [4.69, 9.17) is 4.74 Å². The summed E-state index contributed by atoms with van der Waals surface area (Å²) in [4.78, 5) is 0. The minimum Gasteiger partial charge on any atom is -0.375 e. The summed E-state index contributed by atoms with van der Waals surface area (Å²) in [5.74, 6) is 0. The van der Waals surface area contributed by atoms with Crippen LogP contribution in [-0.2, 0) is 11.3 Å². The van der Waals surface area contributed by atoms with Crippen LogP contribution < -0.4 is 0 Å². The van der Waals surface area contributed by atoms with Gasteiger partial charge in [0.15, 0.2) is 0 Å². The van der Waals surface area contributed by atoms with E-state index in [0.29, 0.717) is 27.2 Å². The molecule has 0 fully saturated rings. The van der Waals surface area contributed by atoms with Gasteiger partial charge in [0.25, 0.3) is 0 Å². The highest BCUT2D eigenvalue weighted by molar-refractivity contribution is 14.1. The van der Waals surface area contributed by atoms with Crippen LogP contribution in [0.3, 0.4) is 0 Å². The molecule has 1 aromatic rings. The van der Waals surface area contributed by atoms with Crippen LogP contribution in [0.2, 0.25) is 0 Å². The molecular formula is C8H11F2IN2O. The molecule has 0 aromatic carbocycles. The third-order valence-electron chi connectivity index (χ3n) is 1.54. The highest BCUT2D eigenvalue weighted by Crippen LogP contribution is 2.16. The van der Waals surface area contributed by atoms with Gasteiger partial charge in [-0.05, 0) is 29.0 Å². The number of ether oxygens (including phenoxy) is 1. The first kappa shape index (κ1) is 11.8. The van der Waals surface area contributed by atoms with Gasteiger partial charge in [0, 0.05) is 12.8 Å². The Morgan fingerprint density at radius 3 is 2.86 bits per heavy atom. The molecule has 0 aliphatic rings. The number of nitrogens with zero attached hydrogens (tertiary/aromatic N) is 2. The van der Waals surface area contributed by atoms with Crippen LogP contribution in [0.15, 0.2) is 6.20 Å². The summed E-state index contributed by atoms with van der Waals surface area (Å²) < 4.78 is 31.0. The zero-order valence-corrected chi connectivity index (χ0v) is 9.87. The van der Waals surface area contributed by atoms with Crippen molar-refractivity contribution in [2.24, 2.45) is 0 Å². The van der Waals surface area contributed by atoms with Crippen LogP contribution in [0.25, 0.3) is 0 Å². The fraction of sp³-hybridized carbons (Fsp3) is 0.625. The van der Waals surface area contributed by atoms with E-state index in [0.717, 1.165) is 6.42 Å². The fourth-order valence-corrected chi connectivity index (χ4v) is 1.47. The van der Waals surface area contributed by atoms with Crippen molar-refractivity contribution in [3.8, 4) is 0 Å². The molecule has 80 valence electrons. The van der Waals surface area contributed by atoms with Gasteiger partial charge in [-0.3, -0.25) is 0 Å². The van der Waals surface area contributed by atoms with Gasteiger partial charge in [-0.15, -0.1) is 0 Å². The van der Waals surface area contributed by atoms with Crippen molar-refractivity contribution < 1.29 is 13.5 Å². The maximum atomic E-state index is 12.2. The summed E-state index contributed by atoms with van der Waals surface area (Å²) in [6, 6.07) is 0. The van der Waals surface area contributed by atoms with Crippen molar-refractivity contribution in [2.75, 3.05) is 6.61 Å². The first-order valence-electron chi connectivity index (χ1n) is 4.24. The van der Waals surface area contributed by atoms with E-state index in [1.165, 1.54) is 6.20 Å². The Kier molecular flexibility index (Phi) is 4.73. The molecule has 0 spiro atoms. The van der Waals surface area contributed by atoms with Crippen LogP contribution in [0, 0.1) is 3.57 Å². The van der Waals surface area contributed by atoms with Crippen molar-refractivity contribution in [1.82, 2.24) is 9.78 Å². The predicted octanol–water partition coefficient (Wildman–Crippen LogP) is 2.81. The monoisotopic (exact) mass is 316 g/mol. The van der Waals surface area contributed by atoms with Crippen LogP contribution in [-0.4, -0.2) is 16.4 Å². The van der Waals surface area contributed by atoms with Gasteiger partial charge in [-0.1, -0.05) is 6.92 Å². The normalized spacial score (nSPS) is 11.2. The highest BCUT2D eigenvalue weighted by atomic mass is 127. The molecule has 0 amide bonds. The number of aromatic nitrogens is 2. The summed E-state index contributed by atoms with van der Waals surface area (Å²) in [5, 5.41) is 3.72. The molecule has 0 N–H and O–H groups in total. The zero-order chi connectivity index (χ0) is 10.6. The minimum absolute atomic E-state index is 0.297. The average Bonchev–Trinajstić information content (AvgIpc) is 2.49. The molecule has 0 bridgehead atoms. The predicted molar refractivity (Wildman–Crippen MR) is 56.1 cm³/mol. The molecule has 0 saturated carbocycles. The Morgan fingerprint density at radius 1 is 1.64 bits per heavy atom. The molecule has 6 heteroatoms. The van der Waals surface area contributed by atoms with Gasteiger partial charge in [-0.25, -0.2) is 4.68 Å². The Bertz CT molecular complexity index is 291. The number of halogens is 3. The summed E-state index contributed by atoms with van der Waals surface area (Å²) in [7, 11) is 0. The molecular weight excluding hydrogens is 305 g/mol. The summed E-state index contributed by atoms with van der Waals surface area (Å²) >= 11 is 1.97. The topological polar surface area (TPSA) is 27.1 Å². The van der Waals surface area contributed by atoms with Crippen molar-refractivity contribution in [2.45, 2.75) is 26.5 Å². The van der Waals surface area contributed by atoms with E-state index in [-0.39, 0.29) is 0 Å². The second-order valence-corrected chi connectivity index (χ2v) is 3.90. The lowest BCUT2D eigenvalue weighted by Gasteiger charge is -1.99. The van der Waals surface area contributed by atoms with E-state index < -0.39 is 6.55 Å². The molecule has 1 aromatic heterocycles. The maximum Gasteiger partial charge on any atom is 0.333 e. The quantitative estimate of drug-likeness (QED) is 0.617. The molecule has 3 nitrogen and oxygen atoms in total. The largest absolute Gasteiger partial charge is 0.375 e. The summed E-state index contributed by atoms with van der Waals surface area (Å²) in [6.45, 7) is 0.329. The number of hydrogen-bond acceptors (Lipinski definition) is 2. The molecule has 0 saturated heterocycles.